The molecule has 27 heavy (non-hydrogen) atoms. The quantitative estimate of drug-likeness (QED) is 0.757. The van der Waals surface area contributed by atoms with E-state index < -0.39 is 5.79 Å². The van der Waals surface area contributed by atoms with Crippen molar-refractivity contribution in [2.75, 3.05) is 12.4 Å². The second-order valence-corrected chi connectivity index (χ2v) is 7.06. The number of methoxy groups -OCH3 is 1. The molecule has 2 aliphatic rings. The average Bonchev–Trinajstić information content (AvgIpc) is 3.24. The zero-order valence-electron chi connectivity index (χ0n) is 14.3. The van der Waals surface area contributed by atoms with Gasteiger partial charge in [-0.25, -0.2) is 0 Å². The van der Waals surface area contributed by atoms with Gasteiger partial charge in [-0.05, 0) is 18.2 Å². The molecule has 1 N–H and O–H groups in total. The van der Waals surface area contributed by atoms with Crippen molar-refractivity contribution in [1.82, 2.24) is 4.98 Å². The summed E-state index contributed by atoms with van der Waals surface area (Å²) in [6.07, 6.45) is 6.70. The van der Waals surface area contributed by atoms with Crippen molar-refractivity contribution < 1.29 is 19.0 Å². The first-order valence-electron chi connectivity index (χ1n) is 8.30. The van der Waals surface area contributed by atoms with Gasteiger partial charge in [0, 0.05) is 25.9 Å². The Labute approximate surface area is 166 Å². The molecule has 1 fully saturated rings. The van der Waals surface area contributed by atoms with Crippen LogP contribution in [0.5, 0.6) is 5.75 Å². The number of hydrogen-bond acceptors (Lipinski definition) is 5. The molecule has 6 nitrogen and oxygen atoms in total. The number of nitrogens with one attached hydrogen (secondary N) is 1. The summed E-state index contributed by atoms with van der Waals surface area (Å²) in [7, 11) is 1.60. The number of rotatable bonds is 5. The maximum atomic E-state index is 12.8. The van der Waals surface area contributed by atoms with Crippen molar-refractivity contribution in [3.63, 3.8) is 0 Å². The largest absolute Gasteiger partial charge is 0.486 e. The molecule has 140 valence electrons. The van der Waals surface area contributed by atoms with E-state index in [0.717, 1.165) is 0 Å². The molecule has 2 aromatic rings. The standard InChI is InChI=1S/C19H16Cl2N2O4/c1-25-19-7-6-15(27-19)16(8-19)26-14-5-3-2-4-11(14)18(24)23-17-12(20)9-22-10-13(17)21/h2-7,9-10,15-16H,8H2,1H3,(H,22,23,24). The number of nitrogens with zero attached hydrogens (tertiary/aromatic N) is 1. The number of carbonyl (C=O) groups is 1. The van der Waals surface area contributed by atoms with Crippen molar-refractivity contribution in [2.45, 2.75) is 24.4 Å². The van der Waals surface area contributed by atoms with Crippen LogP contribution in [0.3, 0.4) is 0 Å². The molecule has 1 aromatic heterocycles. The minimum absolute atomic E-state index is 0.217. The molecule has 0 aliphatic carbocycles. The van der Waals surface area contributed by atoms with E-state index in [9.17, 15) is 4.79 Å². The van der Waals surface area contributed by atoms with Gasteiger partial charge in [0.25, 0.3) is 5.91 Å². The summed E-state index contributed by atoms with van der Waals surface area (Å²) in [5.74, 6) is -0.691. The lowest BCUT2D eigenvalue weighted by Crippen LogP contribution is -2.30. The van der Waals surface area contributed by atoms with Gasteiger partial charge < -0.3 is 19.5 Å². The van der Waals surface area contributed by atoms with Gasteiger partial charge in [0.1, 0.15) is 18.0 Å². The van der Waals surface area contributed by atoms with Crippen molar-refractivity contribution in [3.05, 3.63) is 64.4 Å². The number of hydrogen-bond donors (Lipinski definition) is 1. The van der Waals surface area contributed by atoms with Crippen LogP contribution in [0.2, 0.25) is 10.0 Å². The number of aromatic nitrogens is 1. The number of halogens is 2. The van der Waals surface area contributed by atoms with Crippen LogP contribution in [0.4, 0.5) is 5.69 Å². The molecule has 3 atom stereocenters. The lowest BCUT2D eigenvalue weighted by atomic mass is 10.0. The molecule has 3 unspecified atom stereocenters. The Hall–Kier alpha value is -2.12. The van der Waals surface area contributed by atoms with Gasteiger partial charge in [0.2, 0.25) is 0 Å². The number of carbonyl (C=O) groups excluding carboxylic acids is 1. The predicted molar refractivity (Wildman–Crippen MR) is 101 cm³/mol. The summed E-state index contributed by atoms with van der Waals surface area (Å²) in [5, 5.41) is 3.23. The molecule has 1 saturated heterocycles. The van der Waals surface area contributed by atoms with Crippen LogP contribution in [0.25, 0.3) is 0 Å². The third-order valence-corrected chi connectivity index (χ3v) is 5.15. The maximum Gasteiger partial charge on any atom is 0.259 e. The monoisotopic (exact) mass is 406 g/mol. The summed E-state index contributed by atoms with van der Waals surface area (Å²) in [5.41, 5.74) is 0.664. The van der Waals surface area contributed by atoms with Crippen molar-refractivity contribution >= 4 is 34.8 Å². The van der Waals surface area contributed by atoms with Crippen molar-refractivity contribution in [3.8, 4) is 5.75 Å². The molecule has 2 aliphatic heterocycles. The van der Waals surface area contributed by atoms with Crippen LogP contribution in [-0.2, 0) is 9.47 Å². The number of fused-ring (bicyclic) bond motifs is 2. The number of para-hydroxylation sites is 1. The summed E-state index contributed by atoms with van der Waals surface area (Å²) in [6.45, 7) is 0. The van der Waals surface area contributed by atoms with Gasteiger partial charge >= 0.3 is 0 Å². The third-order valence-electron chi connectivity index (χ3n) is 4.58. The topological polar surface area (TPSA) is 69.7 Å². The molecule has 8 heteroatoms. The fourth-order valence-corrected chi connectivity index (χ4v) is 3.66. The number of anilines is 1. The van der Waals surface area contributed by atoms with E-state index in [2.05, 4.69) is 10.3 Å². The van der Waals surface area contributed by atoms with E-state index in [4.69, 9.17) is 37.4 Å². The van der Waals surface area contributed by atoms with E-state index in [1.165, 1.54) is 12.4 Å². The van der Waals surface area contributed by atoms with Gasteiger partial charge in [0.05, 0.1) is 21.3 Å². The Morgan fingerprint density at radius 2 is 2.04 bits per heavy atom. The van der Waals surface area contributed by atoms with Gasteiger partial charge in [-0.1, -0.05) is 41.4 Å². The first-order chi connectivity index (χ1) is 13.0. The zero-order chi connectivity index (χ0) is 19.0. The SMILES string of the molecule is COC12C=CC(O1)C(Oc1ccccc1C(=O)Nc1c(Cl)cncc1Cl)C2. The Morgan fingerprint density at radius 1 is 1.30 bits per heavy atom. The van der Waals surface area contributed by atoms with Crippen molar-refractivity contribution in [2.24, 2.45) is 0 Å². The highest BCUT2D eigenvalue weighted by Gasteiger charge is 2.50. The number of benzene rings is 1. The highest BCUT2D eigenvalue weighted by molar-refractivity contribution is 6.39. The summed E-state index contributed by atoms with van der Waals surface area (Å²) >= 11 is 12.2. The third kappa shape index (κ3) is 3.41. The van der Waals surface area contributed by atoms with Crippen LogP contribution < -0.4 is 10.1 Å². The maximum absolute atomic E-state index is 12.8. The average molecular weight is 407 g/mol. The highest BCUT2D eigenvalue weighted by atomic mass is 35.5. The van der Waals surface area contributed by atoms with Crippen molar-refractivity contribution in [1.29, 1.82) is 0 Å². The van der Waals surface area contributed by atoms with E-state index in [1.807, 2.05) is 12.2 Å². The van der Waals surface area contributed by atoms with E-state index in [-0.39, 0.29) is 28.2 Å². The number of pyridine rings is 1. The predicted octanol–water partition coefficient (Wildman–Crippen LogP) is 4.09. The molecule has 3 heterocycles. The summed E-state index contributed by atoms with van der Waals surface area (Å²) in [4.78, 5) is 16.7. The number of ether oxygens (including phenoxy) is 3. The Balaban J connectivity index is 1.55. The van der Waals surface area contributed by atoms with Crippen LogP contribution >= 0.6 is 23.2 Å². The molecule has 0 saturated carbocycles. The molecule has 4 rings (SSSR count). The van der Waals surface area contributed by atoms with Gasteiger partial charge in [-0.2, -0.15) is 0 Å². The minimum Gasteiger partial charge on any atom is -0.486 e. The first kappa shape index (κ1) is 18.3. The normalized spacial score (nSPS) is 25.6. The van der Waals surface area contributed by atoms with E-state index >= 15 is 0 Å². The minimum atomic E-state index is -0.745. The zero-order valence-corrected chi connectivity index (χ0v) is 15.8. The molecule has 1 amide bonds. The Kier molecular flexibility index (Phi) is 4.82. The molecular weight excluding hydrogens is 391 g/mol. The smallest absolute Gasteiger partial charge is 0.259 e. The first-order valence-corrected chi connectivity index (χ1v) is 9.05. The van der Waals surface area contributed by atoms with Crippen LogP contribution in [0, 0.1) is 0 Å². The van der Waals surface area contributed by atoms with E-state index in [0.29, 0.717) is 23.4 Å². The highest BCUT2D eigenvalue weighted by Crippen LogP contribution is 2.41. The Morgan fingerprint density at radius 3 is 2.74 bits per heavy atom. The van der Waals surface area contributed by atoms with Crippen LogP contribution in [0.15, 0.2) is 48.8 Å². The Bertz CT molecular complexity index is 900. The lowest BCUT2D eigenvalue weighted by molar-refractivity contribution is -0.157. The van der Waals surface area contributed by atoms with E-state index in [1.54, 1.807) is 31.4 Å². The lowest BCUT2D eigenvalue weighted by Gasteiger charge is -2.22. The number of amides is 1. The van der Waals surface area contributed by atoms with Crippen LogP contribution in [0.1, 0.15) is 16.8 Å². The summed E-state index contributed by atoms with van der Waals surface area (Å²) in [6, 6.07) is 6.96. The second kappa shape index (κ2) is 7.13. The summed E-state index contributed by atoms with van der Waals surface area (Å²) < 4.78 is 17.3. The van der Waals surface area contributed by atoms with Gasteiger partial charge in [-0.3, -0.25) is 9.78 Å². The fraction of sp³-hybridized carbons (Fsp3) is 0.263. The van der Waals surface area contributed by atoms with Crippen LogP contribution in [-0.4, -0.2) is 36.0 Å². The fourth-order valence-electron chi connectivity index (χ4n) is 3.20. The van der Waals surface area contributed by atoms with Gasteiger partial charge in [0.15, 0.2) is 5.79 Å². The van der Waals surface area contributed by atoms with Gasteiger partial charge in [-0.15, -0.1) is 0 Å². The molecule has 1 aromatic carbocycles. The molecule has 0 spiro atoms. The molecule has 2 bridgehead atoms. The molecular formula is C19H16Cl2N2O4. The second-order valence-electron chi connectivity index (χ2n) is 6.25. The molecule has 0 radical (unpaired) electrons.